The number of piperazine rings is 1. The lowest BCUT2D eigenvalue weighted by Crippen LogP contribution is -2.50. The number of benzene rings is 1. The second kappa shape index (κ2) is 7.44. The number of anilines is 2. The van der Waals surface area contributed by atoms with E-state index in [1.165, 1.54) is 11.5 Å². The van der Waals surface area contributed by atoms with Gasteiger partial charge in [-0.2, -0.15) is 14.5 Å². The Hall–Kier alpha value is -3.07. The summed E-state index contributed by atoms with van der Waals surface area (Å²) in [6, 6.07) is 13.2. The van der Waals surface area contributed by atoms with E-state index in [-0.39, 0.29) is 6.03 Å². The minimum Gasteiger partial charge on any atom is -0.343 e. The van der Waals surface area contributed by atoms with Gasteiger partial charge in [-0.05, 0) is 12.1 Å². The van der Waals surface area contributed by atoms with Crippen molar-refractivity contribution in [3.05, 3.63) is 48.7 Å². The molecule has 2 amide bonds. The SMILES string of the molecule is O=C(Nc1cccnn1)N1CCN(c2nc(-c3ccccc3)ns2)CC1. The van der Waals surface area contributed by atoms with Gasteiger partial charge in [-0.3, -0.25) is 5.32 Å². The minimum absolute atomic E-state index is 0.160. The average molecular weight is 367 g/mol. The number of nitrogens with one attached hydrogen (secondary N) is 1. The zero-order chi connectivity index (χ0) is 17.8. The number of hydrogen-bond donors (Lipinski definition) is 1. The molecule has 132 valence electrons. The van der Waals surface area contributed by atoms with Crippen LogP contribution < -0.4 is 10.2 Å². The standard InChI is InChI=1S/C17H17N7OS/c25-16(19-14-7-4-8-18-21-14)23-9-11-24(12-10-23)17-20-15(22-26-17)13-5-2-1-3-6-13/h1-8H,9-12H2,(H,19,21,25). The highest BCUT2D eigenvalue weighted by molar-refractivity contribution is 7.09. The fraction of sp³-hybridized carbons (Fsp3) is 0.235. The van der Waals surface area contributed by atoms with Gasteiger partial charge in [0.25, 0.3) is 0 Å². The van der Waals surface area contributed by atoms with Gasteiger partial charge in [0, 0.05) is 49.5 Å². The van der Waals surface area contributed by atoms with E-state index >= 15 is 0 Å². The van der Waals surface area contributed by atoms with Crippen LogP contribution in [0.1, 0.15) is 0 Å². The largest absolute Gasteiger partial charge is 0.343 e. The summed E-state index contributed by atoms with van der Waals surface area (Å²) in [5.41, 5.74) is 1.01. The van der Waals surface area contributed by atoms with Crippen LogP contribution in [0.2, 0.25) is 0 Å². The lowest BCUT2D eigenvalue weighted by atomic mass is 10.2. The molecular weight excluding hydrogens is 350 g/mol. The highest BCUT2D eigenvalue weighted by Crippen LogP contribution is 2.24. The van der Waals surface area contributed by atoms with Gasteiger partial charge in [-0.25, -0.2) is 4.79 Å². The molecule has 2 aromatic heterocycles. The summed E-state index contributed by atoms with van der Waals surface area (Å²) in [6.45, 7) is 2.67. The van der Waals surface area contributed by atoms with E-state index in [1.54, 1.807) is 23.2 Å². The molecule has 3 aromatic rings. The maximum atomic E-state index is 12.3. The summed E-state index contributed by atoms with van der Waals surface area (Å²) in [4.78, 5) is 20.9. The molecule has 0 saturated carbocycles. The highest BCUT2D eigenvalue weighted by Gasteiger charge is 2.23. The van der Waals surface area contributed by atoms with E-state index in [4.69, 9.17) is 0 Å². The monoisotopic (exact) mass is 367 g/mol. The number of urea groups is 1. The minimum atomic E-state index is -0.160. The zero-order valence-corrected chi connectivity index (χ0v) is 14.8. The van der Waals surface area contributed by atoms with Gasteiger partial charge < -0.3 is 9.80 Å². The van der Waals surface area contributed by atoms with Crippen LogP contribution in [0.15, 0.2) is 48.7 Å². The molecular formula is C17H17N7OS. The molecule has 0 spiro atoms. The van der Waals surface area contributed by atoms with Crippen molar-refractivity contribution in [2.75, 3.05) is 36.4 Å². The predicted molar refractivity (Wildman–Crippen MR) is 100 cm³/mol. The van der Waals surface area contributed by atoms with Gasteiger partial charge in [0.05, 0.1) is 0 Å². The van der Waals surface area contributed by atoms with Gasteiger partial charge in [-0.15, -0.1) is 5.10 Å². The van der Waals surface area contributed by atoms with E-state index < -0.39 is 0 Å². The van der Waals surface area contributed by atoms with Crippen molar-refractivity contribution in [1.29, 1.82) is 0 Å². The van der Waals surface area contributed by atoms with Gasteiger partial charge >= 0.3 is 6.03 Å². The predicted octanol–water partition coefficient (Wildman–Crippen LogP) is 2.35. The van der Waals surface area contributed by atoms with Crippen LogP contribution in [0.25, 0.3) is 11.4 Å². The summed E-state index contributed by atoms with van der Waals surface area (Å²) < 4.78 is 4.45. The van der Waals surface area contributed by atoms with Crippen molar-refractivity contribution in [2.24, 2.45) is 0 Å². The molecule has 1 saturated heterocycles. The Bertz CT molecular complexity index is 863. The molecule has 1 N–H and O–H groups in total. The quantitative estimate of drug-likeness (QED) is 0.765. The zero-order valence-electron chi connectivity index (χ0n) is 13.9. The molecule has 1 fully saturated rings. The smallest absolute Gasteiger partial charge is 0.323 e. The summed E-state index contributed by atoms with van der Waals surface area (Å²) in [5, 5.41) is 11.3. The topological polar surface area (TPSA) is 87.1 Å². The summed E-state index contributed by atoms with van der Waals surface area (Å²) in [5.74, 6) is 1.20. The van der Waals surface area contributed by atoms with Crippen LogP contribution >= 0.6 is 11.5 Å². The first-order valence-corrected chi connectivity index (χ1v) is 9.04. The summed E-state index contributed by atoms with van der Waals surface area (Å²) in [7, 11) is 0. The molecule has 8 nitrogen and oxygen atoms in total. The molecule has 0 aliphatic carbocycles. The van der Waals surface area contributed by atoms with Crippen LogP contribution in [0.5, 0.6) is 0 Å². The third-order valence-corrected chi connectivity index (χ3v) is 4.87. The third kappa shape index (κ3) is 3.62. The second-order valence-corrected chi connectivity index (χ2v) is 6.51. The van der Waals surface area contributed by atoms with Crippen molar-refractivity contribution >= 4 is 28.5 Å². The van der Waals surface area contributed by atoms with Gasteiger partial charge in [0.15, 0.2) is 11.6 Å². The summed E-state index contributed by atoms with van der Waals surface area (Å²) in [6.07, 6.45) is 1.57. The first-order chi connectivity index (χ1) is 12.8. The molecule has 0 radical (unpaired) electrons. The number of amides is 2. The van der Waals surface area contributed by atoms with E-state index in [1.807, 2.05) is 30.3 Å². The molecule has 9 heteroatoms. The van der Waals surface area contributed by atoms with E-state index in [0.29, 0.717) is 18.9 Å². The molecule has 1 aliphatic rings. The van der Waals surface area contributed by atoms with Crippen LogP contribution in [-0.4, -0.2) is 56.7 Å². The summed E-state index contributed by atoms with van der Waals surface area (Å²) >= 11 is 1.39. The molecule has 26 heavy (non-hydrogen) atoms. The number of carbonyl (C=O) groups is 1. The lowest BCUT2D eigenvalue weighted by Gasteiger charge is -2.34. The van der Waals surface area contributed by atoms with Crippen molar-refractivity contribution in [3.63, 3.8) is 0 Å². The number of aromatic nitrogens is 4. The Kier molecular flexibility index (Phi) is 4.69. The maximum Gasteiger partial charge on any atom is 0.323 e. The van der Waals surface area contributed by atoms with Crippen LogP contribution in [0.3, 0.4) is 0 Å². The highest BCUT2D eigenvalue weighted by atomic mass is 32.1. The average Bonchev–Trinajstić information content (AvgIpc) is 3.20. The molecule has 3 heterocycles. The molecule has 4 rings (SSSR count). The van der Waals surface area contributed by atoms with Gasteiger partial charge in [-0.1, -0.05) is 30.3 Å². The molecule has 0 bridgehead atoms. The van der Waals surface area contributed by atoms with Crippen molar-refractivity contribution in [1.82, 2.24) is 24.5 Å². The van der Waals surface area contributed by atoms with E-state index in [0.717, 1.165) is 29.6 Å². The van der Waals surface area contributed by atoms with Gasteiger partial charge in [0.2, 0.25) is 5.13 Å². The third-order valence-electron chi connectivity index (χ3n) is 4.09. The lowest BCUT2D eigenvalue weighted by molar-refractivity contribution is 0.208. The Morgan fingerprint density at radius 3 is 2.58 bits per heavy atom. The number of nitrogens with zero attached hydrogens (tertiary/aromatic N) is 6. The number of hydrogen-bond acceptors (Lipinski definition) is 7. The van der Waals surface area contributed by atoms with Crippen molar-refractivity contribution in [2.45, 2.75) is 0 Å². The maximum absolute atomic E-state index is 12.3. The second-order valence-electron chi connectivity index (χ2n) is 5.78. The van der Waals surface area contributed by atoms with Crippen LogP contribution in [0, 0.1) is 0 Å². The Labute approximate surface area is 154 Å². The fourth-order valence-corrected chi connectivity index (χ4v) is 3.45. The number of rotatable bonds is 3. The Balaban J connectivity index is 1.35. The Morgan fingerprint density at radius 1 is 1.04 bits per heavy atom. The van der Waals surface area contributed by atoms with Crippen molar-refractivity contribution in [3.8, 4) is 11.4 Å². The van der Waals surface area contributed by atoms with Gasteiger partial charge in [0.1, 0.15) is 0 Å². The molecule has 0 atom stereocenters. The van der Waals surface area contributed by atoms with Crippen LogP contribution in [0.4, 0.5) is 15.7 Å². The van der Waals surface area contributed by atoms with E-state index in [9.17, 15) is 4.79 Å². The fourth-order valence-electron chi connectivity index (χ4n) is 2.71. The van der Waals surface area contributed by atoms with Crippen molar-refractivity contribution < 1.29 is 4.79 Å². The first-order valence-electron chi connectivity index (χ1n) is 8.27. The number of carbonyl (C=O) groups excluding carboxylic acids is 1. The normalized spacial score (nSPS) is 14.3. The van der Waals surface area contributed by atoms with E-state index in [2.05, 4.69) is 29.8 Å². The molecule has 0 unspecified atom stereocenters. The first kappa shape index (κ1) is 16.4. The molecule has 1 aliphatic heterocycles. The van der Waals surface area contributed by atoms with Crippen LogP contribution in [-0.2, 0) is 0 Å². The Morgan fingerprint density at radius 2 is 1.85 bits per heavy atom. The molecule has 1 aromatic carbocycles.